The third-order valence-electron chi connectivity index (χ3n) is 6.08. The first kappa shape index (κ1) is 34.8. The van der Waals surface area contributed by atoms with E-state index in [4.69, 9.17) is 14.2 Å². The highest BCUT2D eigenvalue weighted by molar-refractivity contribution is 7.54. The van der Waals surface area contributed by atoms with E-state index < -0.39 is 25.5 Å². The van der Waals surface area contributed by atoms with Crippen molar-refractivity contribution in [2.75, 3.05) is 57.9 Å². The Balaban J connectivity index is 0.000000782. The number of hydrogen-bond donors (Lipinski definition) is 4. The molecule has 42 heavy (non-hydrogen) atoms. The molecule has 2 amide bonds. The minimum atomic E-state index is -3.62. The summed E-state index contributed by atoms with van der Waals surface area (Å²) in [7, 11) is -1.93. The Bertz CT molecular complexity index is 1180. The second kappa shape index (κ2) is 18.2. The van der Waals surface area contributed by atoms with Gasteiger partial charge >= 0.3 is 13.6 Å². The predicted molar refractivity (Wildman–Crippen MR) is 161 cm³/mol. The maximum atomic E-state index is 13.4. The summed E-state index contributed by atoms with van der Waals surface area (Å²) in [5.41, 5.74) is 0.813. The van der Waals surface area contributed by atoms with Gasteiger partial charge < -0.3 is 35.0 Å². The van der Waals surface area contributed by atoms with E-state index in [2.05, 4.69) is 25.9 Å². The van der Waals surface area contributed by atoms with Crippen LogP contribution < -0.4 is 16.0 Å². The van der Waals surface area contributed by atoms with E-state index in [1.54, 1.807) is 25.8 Å². The van der Waals surface area contributed by atoms with Gasteiger partial charge in [0.15, 0.2) is 5.82 Å². The molecular formula is C28H43N6O7P. The molecule has 4 N–H and O–H groups in total. The van der Waals surface area contributed by atoms with E-state index in [0.717, 1.165) is 18.4 Å². The van der Waals surface area contributed by atoms with E-state index >= 15 is 0 Å². The van der Waals surface area contributed by atoms with Crippen LogP contribution in [0.2, 0.25) is 0 Å². The molecule has 0 aliphatic carbocycles. The first-order valence-electron chi connectivity index (χ1n) is 14.2. The third-order valence-corrected chi connectivity index (χ3v) is 8.20. The number of hydrogen-bond acceptors (Lipinski definition) is 10. The summed E-state index contributed by atoms with van der Waals surface area (Å²) in [4.78, 5) is 46.9. The number of unbranched alkanes of at least 4 members (excludes halogenated alkanes) is 1. The smallest absolute Gasteiger partial charge is 0.333 e. The first-order valence-corrected chi connectivity index (χ1v) is 15.9. The van der Waals surface area contributed by atoms with Crippen LogP contribution in [0.15, 0.2) is 36.4 Å². The van der Waals surface area contributed by atoms with Gasteiger partial charge in [0, 0.05) is 51.3 Å². The van der Waals surface area contributed by atoms with Crippen molar-refractivity contribution < 1.29 is 33.1 Å². The summed E-state index contributed by atoms with van der Waals surface area (Å²) < 4.78 is 24.1. The topological polar surface area (TPSA) is 172 Å². The lowest BCUT2D eigenvalue weighted by atomic mass is 10.2. The van der Waals surface area contributed by atoms with Gasteiger partial charge in [-0.2, -0.15) is 0 Å². The van der Waals surface area contributed by atoms with Gasteiger partial charge in [0.1, 0.15) is 17.6 Å². The molecule has 13 nitrogen and oxygen atoms in total. The van der Waals surface area contributed by atoms with Gasteiger partial charge in [0.2, 0.25) is 5.91 Å². The van der Waals surface area contributed by atoms with Crippen LogP contribution in [0.3, 0.4) is 0 Å². The molecule has 1 saturated heterocycles. The maximum Gasteiger partial charge on any atom is 0.333 e. The molecule has 0 radical (unpaired) electrons. The van der Waals surface area contributed by atoms with Crippen LogP contribution in [0.1, 0.15) is 50.5 Å². The van der Waals surface area contributed by atoms with Crippen LogP contribution >= 0.6 is 7.60 Å². The summed E-state index contributed by atoms with van der Waals surface area (Å²) in [6.45, 7) is 7.91. The molecule has 0 spiro atoms. The fourth-order valence-electron chi connectivity index (χ4n) is 4.02. The summed E-state index contributed by atoms with van der Waals surface area (Å²) >= 11 is 0. The van der Waals surface area contributed by atoms with Gasteiger partial charge in [0.25, 0.3) is 5.91 Å². The van der Waals surface area contributed by atoms with Gasteiger partial charge in [-0.25, -0.2) is 9.97 Å². The fraction of sp³-hybridized carbons (Fsp3) is 0.536. The van der Waals surface area contributed by atoms with E-state index in [-0.39, 0.29) is 31.0 Å². The second-order valence-electron chi connectivity index (χ2n) is 9.31. The molecule has 232 valence electrons. The second-order valence-corrected chi connectivity index (χ2v) is 11.4. The maximum absolute atomic E-state index is 13.4. The van der Waals surface area contributed by atoms with Gasteiger partial charge in [-0.1, -0.05) is 43.7 Å². The Morgan fingerprint density at radius 1 is 1.07 bits per heavy atom. The highest BCUT2D eigenvalue weighted by atomic mass is 31.2. The van der Waals surface area contributed by atoms with Crippen LogP contribution in [0, 0.1) is 0 Å². The largest absolute Gasteiger partial charge is 0.481 e. The van der Waals surface area contributed by atoms with E-state index in [0.29, 0.717) is 44.2 Å². The van der Waals surface area contributed by atoms with E-state index in [9.17, 15) is 18.9 Å². The van der Waals surface area contributed by atoms with Crippen molar-refractivity contribution in [1.82, 2.24) is 25.5 Å². The molecule has 1 fully saturated rings. The lowest BCUT2D eigenvalue weighted by molar-refractivity contribution is -0.137. The van der Waals surface area contributed by atoms with Crippen molar-refractivity contribution >= 4 is 31.2 Å². The number of aliphatic carboxylic acids is 1. The number of carbonyl (C=O) groups excluding carboxylic acids is 2. The van der Waals surface area contributed by atoms with Crippen molar-refractivity contribution in [2.45, 2.75) is 46.1 Å². The molecule has 14 heteroatoms. The van der Waals surface area contributed by atoms with Gasteiger partial charge in [-0.05, 0) is 20.3 Å². The van der Waals surface area contributed by atoms with Crippen LogP contribution in [0.4, 0.5) is 5.82 Å². The average molecular weight is 607 g/mol. The highest BCUT2D eigenvalue weighted by Crippen LogP contribution is 2.48. The summed E-state index contributed by atoms with van der Waals surface area (Å²) in [6.07, 6.45) is 1.80. The van der Waals surface area contributed by atoms with Crippen LogP contribution in [0.5, 0.6) is 0 Å². The number of benzene rings is 1. The molecule has 1 aromatic heterocycles. The first-order chi connectivity index (χ1) is 20.2. The Hall–Kier alpha value is -3.38. The number of anilines is 1. The number of carboxylic acid groups (broad SMARTS) is 1. The summed E-state index contributed by atoms with van der Waals surface area (Å²) in [5.74, 6) is -0.813. The molecular weight excluding hydrogens is 563 g/mol. The molecule has 1 unspecified atom stereocenters. The molecule has 0 bridgehead atoms. The zero-order valence-corrected chi connectivity index (χ0v) is 25.7. The zero-order valence-electron chi connectivity index (χ0n) is 24.8. The number of nitrogens with one attached hydrogen (secondary N) is 3. The standard InChI is InChI=1S/C23H33N6O5P.C5H10O2/c1-4-33-35(32,34-5-2)16-19(23(31)29-13-11-25-12-14-29)27-22(30)18-15-20(24-3)28-21(26-18)17-9-7-6-8-10-17;1-2-3-4-5(6)7/h6-10,15,19,25H,4-5,11-14,16H2,1-3H3,(H,27,30)(H,24,26,28);2-4H2,1H3,(H,6,7). The monoisotopic (exact) mass is 606 g/mol. The van der Waals surface area contributed by atoms with Crippen molar-refractivity contribution in [3.63, 3.8) is 0 Å². The van der Waals surface area contributed by atoms with E-state index in [1.807, 2.05) is 37.3 Å². The van der Waals surface area contributed by atoms with Crippen LogP contribution in [-0.2, 0) is 23.2 Å². The van der Waals surface area contributed by atoms with Crippen molar-refractivity contribution in [2.24, 2.45) is 0 Å². The van der Waals surface area contributed by atoms with Crippen LogP contribution in [-0.4, -0.2) is 96.4 Å². The quantitative estimate of drug-likeness (QED) is 0.233. The molecule has 3 rings (SSSR count). The fourth-order valence-corrected chi connectivity index (χ4v) is 5.79. The van der Waals surface area contributed by atoms with Crippen molar-refractivity contribution in [3.05, 3.63) is 42.1 Å². The lowest BCUT2D eigenvalue weighted by Gasteiger charge is -2.32. The number of nitrogens with zero attached hydrogens (tertiary/aromatic N) is 3. The van der Waals surface area contributed by atoms with Crippen LogP contribution in [0.25, 0.3) is 11.4 Å². The number of carbonyl (C=O) groups is 3. The van der Waals surface area contributed by atoms with Crippen molar-refractivity contribution in [3.8, 4) is 11.4 Å². The SMILES string of the molecule is CCCCC(=O)O.CCOP(=O)(CC(NC(=O)c1cc(NC)nc(-c2ccccc2)n1)C(=O)N1CCNCC1)OCC. The molecule has 1 aromatic carbocycles. The van der Waals surface area contributed by atoms with Gasteiger partial charge in [-0.3, -0.25) is 18.9 Å². The Labute approximate surface area is 247 Å². The molecule has 1 aliphatic rings. The van der Waals surface area contributed by atoms with Gasteiger partial charge in [-0.15, -0.1) is 0 Å². The van der Waals surface area contributed by atoms with E-state index in [1.165, 1.54) is 6.07 Å². The molecule has 1 atom stereocenters. The minimum Gasteiger partial charge on any atom is -0.481 e. The zero-order chi connectivity index (χ0) is 31.0. The Morgan fingerprint density at radius 3 is 2.24 bits per heavy atom. The molecule has 0 saturated carbocycles. The molecule has 2 aromatic rings. The number of amides is 2. The van der Waals surface area contributed by atoms with Gasteiger partial charge in [0.05, 0.1) is 19.4 Å². The number of rotatable bonds is 14. The summed E-state index contributed by atoms with van der Waals surface area (Å²) in [6, 6.07) is 9.65. The molecule has 1 aliphatic heterocycles. The number of aromatic nitrogens is 2. The number of piperazine rings is 1. The minimum absolute atomic E-state index is 0.0731. The predicted octanol–water partition coefficient (Wildman–Crippen LogP) is 3.24. The summed E-state index contributed by atoms with van der Waals surface area (Å²) in [5, 5.41) is 16.9. The Morgan fingerprint density at radius 2 is 1.71 bits per heavy atom. The number of carboxylic acids is 1. The van der Waals surface area contributed by atoms with Crippen molar-refractivity contribution in [1.29, 1.82) is 0 Å². The lowest BCUT2D eigenvalue weighted by Crippen LogP contribution is -2.55. The average Bonchev–Trinajstić information content (AvgIpc) is 3.00. The Kier molecular flexibility index (Phi) is 15.1. The molecule has 2 heterocycles. The third kappa shape index (κ3) is 11.5. The normalized spacial score (nSPS) is 13.9. The highest BCUT2D eigenvalue weighted by Gasteiger charge is 2.36.